The van der Waals surface area contributed by atoms with Crippen molar-refractivity contribution in [1.82, 2.24) is 4.98 Å². The first-order chi connectivity index (χ1) is 16.1. The van der Waals surface area contributed by atoms with Crippen molar-refractivity contribution in [2.24, 2.45) is 7.05 Å². The molecule has 1 atom stereocenters. The lowest BCUT2D eigenvalue weighted by molar-refractivity contribution is -0.659. The molecule has 0 bridgehead atoms. The summed E-state index contributed by atoms with van der Waals surface area (Å²) in [6.45, 7) is 8.63. The zero-order valence-corrected chi connectivity index (χ0v) is 20.0. The van der Waals surface area contributed by atoms with Crippen molar-refractivity contribution >= 4 is 0 Å². The summed E-state index contributed by atoms with van der Waals surface area (Å²) in [4.78, 5) is 5.22. The molecule has 0 radical (unpaired) electrons. The minimum Gasteiger partial charge on any atom is -0.234 e. The molecular formula is C31H33N2+. The molecule has 0 amide bonds. The third-order valence-corrected chi connectivity index (χ3v) is 6.75. The first-order valence-corrected chi connectivity index (χ1v) is 11.8. The Morgan fingerprint density at radius 1 is 0.879 bits per heavy atom. The number of benzene rings is 3. The number of aryl methyl sites for hydroxylation is 1. The molecule has 2 nitrogen and oxygen atoms in total. The Labute approximate surface area is 198 Å². The maximum absolute atomic E-state index is 5.22. The van der Waals surface area contributed by atoms with E-state index in [2.05, 4.69) is 117 Å². The lowest BCUT2D eigenvalue weighted by atomic mass is 9.73. The molecule has 0 fully saturated rings. The van der Waals surface area contributed by atoms with Gasteiger partial charge in [0.25, 0.3) is 0 Å². The highest BCUT2D eigenvalue weighted by Gasteiger charge is 2.31. The first-order valence-electron chi connectivity index (χ1n) is 11.8. The maximum atomic E-state index is 5.22. The lowest BCUT2D eigenvalue weighted by Crippen LogP contribution is -2.34. The van der Waals surface area contributed by atoms with Gasteiger partial charge >= 0.3 is 0 Å². The molecule has 0 saturated heterocycles. The fraction of sp³-hybridized carbons (Fsp3) is 0.226. The van der Waals surface area contributed by atoms with Gasteiger partial charge in [-0.05, 0) is 36.3 Å². The molecule has 166 valence electrons. The first kappa shape index (κ1) is 22.7. The van der Waals surface area contributed by atoms with E-state index in [0.717, 1.165) is 47.5 Å². The van der Waals surface area contributed by atoms with Gasteiger partial charge in [-0.1, -0.05) is 98.8 Å². The van der Waals surface area contributed by atoms with Gasteiger partial charge in [-0.3, -0.25) is 0 Å². The fourth-order valence-electron chi connectivity index (χ4n) is 4.62. The predicted octanol–water partition coefficient (Wildman–Crippen LogP) is 7.54. The van der Waals surface area contributed by atoms with Crippen LogP contribution in [0.25, 0.3) is 33.8 Å². The molecule has 0 aliphatic heterocycles. The Kier molecular flexibility index (Phi) is 6.84. The summed E-state index contributed by atoms with van der Waals surface area (Å²) in [5.74, 6) is 0. The molecule has 0 spiro atoms. The highest BCUT2D eigenvalue weighted by atomic mass is 15.0. The molecule has 1 heterocycles. The molecule has 4 aromatic rings. The SMILES string of the molecule is C=CCCC(C)(CC)c1ccccc1-c1c(-c2ccccc2)nc(-c2ccccc2)c[n+]1C. The van der Waals surface area contributed by atoms with Crippen LogP contribution in [0.5, 0.6) is 0 Å². The summed E-state index contributed by atoms with van der Waals surface area (Å²) in [6, 6.07) is 29.8. The second-order valence-corrected chi connectivity index (χ2v) is 8.95. The predicted molar refractivity (Wildman–Crippen MR) is 139 cm³/mol. The highest BCUT2D eigenvalue weighted by Crippen LogP contribution is 2.40. The van der Waals surface area contributed by atoms with E-state index in [9.17, 15) is 0 Å². The molecule has 1 unspecified atom stereocenters. The molecule has 4 rings (SSSR count). The topological polar surface area (TPSA) is 16.8 Å². The second kappa shape index (κ2) is 9.95. The molecule has 2 heteroatoms. The normalized spacial score (nSPS) is 12.8. The third-order valence-electron chi connectivity index (χ3n) is 6.75. The Morgan fingerprint density at radius 3 is 2.12 bits per heavy atom. The number of aromatic nitrogens is 2. The average molecular weight is 434 g/mol. The molecule has 0 saturated carbocycles. The molecule has 33 heavy (non-hydrogen) atoms. The van der Waals surface area contributed by atoms with Crippen molar-refractivity contribution in [2.75, 3.05) is 0 Å². The Balaban J connectivity index is 1.99. The summed E-state index contributed by atoms with van der Waals surface area (Å²) in [6.07, 6.45) is 7.33. The van der Waals surface area contributed by atoms with Gasteiger partial charge in [0.15, 0.2) is 6.20 Å². The Hall–Kier alpha value is -3.52. The molecule has 1 aromatic heterocycles. The number of hydrogen-bond acceptors (Lipinski definition) is 1. The largest absolute Gasteiger partial charge is 0.239 e. The quantitative estimate of drug-likeness (QED) is 0.207. The van der Waals surface area contributed by atoms with E-state index < -0.39 is 0 Å². The minimum atomic E-state index is 0.0594. The van der Waals surface area contributed by atoms with Gasteiger partial charge in [-0.25, -0.2) is 4.98 Å². The van der Waals surface area contributed by atoms with Crippen LogP contribution in [-0.4, -0.2) is 4.98 Å². The number of nitrogens with zero attached hydrogens (tertiary/aromatic N) is 2. The van der Waals surface area contributed by atoms with E-state index in [1.165, 1.54) is 11.1 Å². The zero-order valence-electron chi connectivity index (χ0n) is 20.0. The molecule has 0 aliphatic rings. The van der Waals surface area contributed by atoms with E-state index in [4.69, 9.17) is 4.98 Å². The summed E-state index contributed by atoms with van der Waals surface area (Å²) in [7, 11) is 2.14. The van der Waals surface area contributed by atoms with Crippen LogP contribution in [0.2, 0.25) is 0 Å². The van der Waals surface area contributed by atoms with Gasteiger partial charge in [0.2, 0.25) is 5.69 Å². The van der Waals surface area contributed by atoms with Gasteiger partial charge in [-0.15, -0.1) is 6.58 Å². The van der Waals surface area contributed by atoms with Crippen LogP contribution in [0.15, 0.2) is 104 Å². The molecule has 3 aromatic carbocycles. The van der Waals surface area contributed by atoms with Crippen LogP contribution >= 0.6 is 0 Å². The van der Waals surface area contributed by atoms with E-state index in [1.807, 2.05) is 12.1 Å². The standard InChI is InChI=1S/C31H33N2/c1-5-7-22-31(3,6-2)27-21-15-14-20-26(27)30-29(25-18-12-9-13-19-25)32-28(23-33(30)4)24-16-10-8-11-17-24/h5,8-21,23H,1,6-7,22H2,2-4H3/q+1. The van der Waals surface area contributed by atoms with Gasteiger partial charge in [-0.2, -0.15) is 4.57 Å². The van der Waals surface area contributed by atoms with Crippen molar-refractivity contribution in [3.05, 3.63) is 109 Å². The van der Waals surface area contributed by atoms with Crippen molar-refractivity contribution < 1.29 is 4.57 Å². The van der Waals surface area contributed by atoms with Gasteiger partial charge in [0.1, 0.15) is 18.4 Å². The van der Waals surface area contributed by atoms with Gasteiger partial charge < -0.3 is 0 Å². The van der Waals surface area contributed by atoms with Crippen molar-refractivity contribution in [3.8, 4) is 33.8 Å². The van der Waals surface area contributed by atoms with Crippen LogP contribution in [0.3, 0.4) is 0 Å². The number of hydrogen-bond donors (Lipinski definition) is 0. The van der Waals surface area contributed by atoms with Gasteiger partial charge in [0, 0.05) is 11.1 Å². The number of rotatable bonds is 8. The van der Waals surface area contributed by atoms with Crippen molar-refractivity contribution in [1.29, 1.82) is 0 Å². The van der Waals surface area contributed by atoms with Crippen LogP contribution in [0.4, 0.5) is 0 Å². The Morgan fingerprint density at radius 2 is 1.48 bits per heavy atom. The van der Waals surface area contributed by atoms with Crippen LogP contribution < -0.4 is 4.57 Å². The average Bonchev–Trinajstić information content (AvgIpc) is 2.88. The lowest BCUT2D eigenvalue weighted by Gasteiger charge is -2.30. The van der Waals surface area contributed by atoms with E-state index >= 15 is 0 Å². The fourth-order valence-corrected chi connectivity index (χ4v) is 4.62. The van der Waals surface area contributed by atoms with E-state index in [-0.39, 0.29) is 5.41 Å². The summed E-state index contributed by atoms with van der Waals surface area (Å²) >= 11 is 0. The zero-order chi connectivity index (χ0) is 23.3. The highest BCUT2D eigenvalue weighted by molar-refractivity contribution is 5.79. The molecular weight excluding hydrogens is 400 g/mol. The van der Waals surface area contributed by atoms with Crippen LogP contribution in [0.1, 0.15) is 38.7 Å². The van der Waals surface area contributed by atoms with Crippen molar-refractivity contribution in [2.45, 2.75) is 38.5 Å². The minimum absolute atomic E-state index is 0.0594. The summed E-state index contributed by atoms with van der Waals surface area (Å²) < 4.78 is 2.25. The van der Waals surface area contributed by atoms with E-state index in [1.54, 1.807) is 0 Å². The maximum Gasteiger partial charge on any atom is 0.239 e. The van der Waals surface area contributed by atoms with Crippen LogP contribution in [0, 0.1) is 0 Å². The monoisotopic (exact) mass is 433 g/mol. The smallest absolute Gasteiger partial charge is 0.234 e. The second-order valence-electron chi connectivity index (χ2n) is 8.95. The number of allylic oxidation sites excluding steroid dienone is 1. The van der Waals surface area contributed by atoms with Gasteiger partial charge in [0.05, 0.1) is 5.56 Å². The summed E-state index contributed by atoms with van der Waals surface area (Å²) in [5.41, 5.74) is 8.06. The van der Waals surface area contributed by atoms with Crippen LogP contribution in [-0.2, 0) is 12.5 Å². The Bertz CT molecular complexity index is 1230. The molecule has 0 N–H and O–H groups in total. The van der Waals surface area contributed by atoms with E-state index in [0.29, 0.717) is 0 Å². The molecule has 0 aliphatic carbocycles. The third kappa shape index (κ3) is 4.66. The summed E-state index contributed by atoms with van der Waals surface area (Å²) in [5, 5.41) is 0. The van der Waals surface area contributed by atoms with Crippen molar-refractivity contribution in [3.63, 3.8) is 0 Å².